The summed E-state index contributed by atoms with van der Waals surface area (Å²) in [5.41, 5.74) is 1.30. The Balaban J connectivity index is 2.92. The third-order valence-corrected chi connectivity index (χ3v) is 2.20. The monoisotopic (exact) mass is 175 g/mol. The van der Waals surface area contributed by atoms with E-state index >= 15 is 0 Å². The van der Waals surface area contributed by atoms with Crippen molar-refractivity contribution >= 4 is 17.2 Å². The number of phenols is 1. The van der Waals surface area contributed by atoms with Crippen molar-refractivity contribution in [2.75, 3.05) is 0 Å². The van der Waals surface area contributed by atoms with Crippen LogP contribution < -0.4 is 0 Å². The van der Waals surface area contributed by atoms with Gasteiger partial charge in [0.1, 0.15) is 5.75 Å². The van der Waals surface area contributed by atoms with Gasteiger partial charge in [-0.1, -0.05) is 0 Å². The molecule has 0 amide bonds. The Morgan fingerprint density at radius 1 is 1.38 bits per heavy atom. The van der Waals surface area contributed by atoms with Gasteiger partial charge < -0.3 is 9.67 Å². The first-order valence-electron chi connectivity index (χ1n) is 3.96. The number of carbonyl (C=O) groups is 1. The van der Waals surface area contributed by atoms with Crippen molar-refractivity contribution in [2.24, 2.45) is 7.05 Å². The number of aldehydes is 1. The van der Waals surface area contributed by atoms with Crippen molar-refractivity contribution < 1.29 is 9.90 Å². The predicted molar refractivity (Wildman–Crippen MR) is 50.0 cm³/mol. The molecule has 0 spiro atoms. The minimum atomic E-state index is 0.0358. The molecule has 13 heavy (non-hydrogen) atoms. The molecule has 66 valence electrons. The Morgan fingerprint density at radius 3 is 2.85 bits per heavy atom. The number of carbonyl (C=O) groups excluding carboxylic acids is 1. The first kappa shape index (κ1) is 7.86. The zero-order valence-corrected chi connectivity index (χ0v) is 7.19. The van der Waals surface area contributed by atoms with Crippen LogP contribution >= 0.6 is 0 Å². The molecule has 0 aliphatic heterocycles. The van der Waals surface area contributed by atoms with Gasteiger partial charge in [-0.3, -0.25) is 4.79 Å². The fourth-order valence-corrected chi connectivity index (χ4v) is 1.49. The lowest BCUT2D eigenvalue weighted by Crippen LogP contribution is -1.86. The summed E-state index contributed by atoms with van der Waals surface area (Å²) in [6.45, 7) is 0. The summed E-state index contributed by atoms with van der Waals surface area (Å²) in [7, 11) is 1.90. The largest absolute Gasteiger partial charge is 0.507 e. The highest BCUT2D eigenvalue weighted by Gasteiger charge is 2.07. The molecule has 0 aliphatic rings. The van der Waals surface area contributed by atoms with E-state index in [-0.39, 0.29) is 5.75 Å². The maximum absolute atomic E-state index is 10.7. The average molecular weight is 175 g/mol. The van der Waals surface area contributed by atoms with Crippen molar-refractivity contribution in [1.82, 2.24) is 4.57 Å². The van der Waals surface area contributed by atoms with Crippen molar-refractivity contribution in [3.05, 3.63) is 30.0 Å². The van der Waals surface area contributed by atoms with Crippen LogP contribution in [0.2, 0.25) is 0 Å². The molecule has 0 aliphatic carbocycles. The highest BCUT2D eigenvalue weighted by molar-refractivity contribution is 5.99. The van der Waals surface area contributed by atoms with Gasteiger partial charge in [-0.2, -0.15) is 0 Å². The smallest absolute Gasteiger partial charge is 0.154 e. The molecular weight excluding hydrogens is 166 g/mol. The fraction of sp³-hybridized carbons (Fsp3) is 0.100. The lowest BCUT2D eigenvalue weighted by Gasteiger charge is -2.00. The molecule has 0 fully saturated rings. The topological polar surface area (TPSA) is 42.2 Å². The maximum atomic E-state index is 10.7. The van der Waals surface area contributed by atoms with Crippen LogP contribution in [0.4, 0.5) is 0 Å². The quantitative estimate of drug-likeness (QED) is 0.670. The van der Waals surface area contributed by atoms with Crippen LogP contribution in [0, 0.1) is 0 Å². The van der Waals surface area contributed by atoms with Crippen LogP contribution in [0.15, 0.2) is 24.4 Å². The molecule has 2 aromatic rings. The maximum Gasteiger partial charge on any atom is 0.154 e. The van der Waals surface area contributed by atoms with E-state index in [2.05, 4.69) is 0 Å². The first-order chi connectivity index (χ1) is 6.24. The van der Waals surface area contributed by atoms with Crippen LogP contribution in [0.1, 0.15) is 10.4 Å². The van der Waals surface area contributed by atoms with Gasteiger partial charge in [-0.05, 0) is 18.2 Å². The number of aromatic hydroxyl groups is 1. The van der Waals surface area contributed by atoms with Crippen LogP contribution in [-0.4, -0.2) is 16.0 Å². The number of hydrogen-bond donors (Lipinski definition) is 1. The van der Waals surface area contributed by atoms with Crippen molar-refractivity contribution in [3.63, 3.8) is 0 Å². The van der Waals surface area contributed by atoms with Crippen LogP contribution in [-0.2, 0) is 7.05 Å². The van der Waals surface area contributed by atoms with E-state index in [1.807, 2.05) is 23.9 Å². The number of nitrogens with zero attached hydrogens (tertiary/aromatic N) is 1. The average Bonchev–Trinajstić information content (AvgIpc) is 2.48. The second-order valence-electron chi connectivity index (χ2n) is 2.98. The van der Waals surface area contributed by atoms with Gasteiger partial charge in [-0.15, -0.1) is 0 Å². The third-order valence-electron chi connectivity index (χ3n) is 2.20. The Morgan fingerprint density at radius 2 is 2.15 bits per heavy atom. The number of fused-ring (bicyclic) bond motifs is 1. The summed E-state index contributed by atoms with van der Waals surface area (Å²) in [6.07, 6.45) is 2.54. The Labute approximate surface area is 75.2 Å². The summed E-state index contributed by atoms with van der Waals surface area (Å²) < 4.78 is 1.90. The van der Waals surface area contributed by atoms with E-state index < -0.39 is 0 Å². The second kappa shape index (κ2) is 2.62. The number of aromatic nitrogens is 1. The predicted octanol–water partition coefficient (Wildman–Crippen LogP) is 1.70. The number of rotatable bonds is 1. The molecule has 1 aromatic carbocycles. The minimum Gasteiger partial charge on any atom is -0.507 e. The van der Waals surface area contributed by atoms with Gasteiger partial charge in [0.15, 0.2) is 6.29 Å². The first-order valence-corrected chi connectivity index (χ1v) is 3.96. The van der Waals surface area contributed by atoms with E-state index in [9.17, 15) is 9.90 Å². The summed E-state index contributed by atoms with van der Waals surface area (Å²) in [6, 6.07) is 5.14. The Hall–Kier alpha value is -1.77. The van der Waals surface area contributed by atoms with E-state index in [1.54, 1.807) is 6.07 Å². The summed E-state index contributed by atoms with van der Waals surface area (Å²) in [4.78, 5) is 10.7. The summed E-state index contributed by atoms with van der Waals surface area (Å²) >= 11 is 0. The van der Waals surface area contributed by atoms with Gasteiger partial charge >= 0.3 is 0 Å². The molecule has 1 heterocycles. The minimum absolute atomic E-state index is 0.0358. The molecule has 0 atom stereocenters. The molecule has 0 unspecified atom stereocenters. The number of phenolic OH excluding ortho intramolecular Hbond substituents is 1. The molecule has 1 aromatic heterocycles. The Kier molecular flexibility index (Phi) is 1.59. The molecule has 2 rings (SSSR count). The van der Waals surface area contributed by atoms with Crippen molar-refractivity contribution in [2.45, 2.75) is 0 Å². The van der Waals surface area contributed by atoms with E-state index in [0.717, 1.165) is 10.9 Å². The zero-order chi connectivity index (χ0) is 9.42. The van der Waals surface area contributed by atoms with Crippen molar-refractivity contribution in [1.29, 1.82) is 0 Å². The van der Waals surface area contributed by atoms with E-state index in [0.29, 0.717) is 11.8 Å². The molecule has 0 bridgehead atoms. The van der Waals surface area contributed by atoms with E-state index in [1.165, 1.54) is 6.07 Å². The molecule has 3 heteroatoms. The van der Waals surface area contributed by atoms with Gasteiger partial charge in [-0.25, -0.2) is 0 Å². The number of hydrogen-bond acceptors (Lipinski definition) is 2. The standard InChI is InChI=1S/C10H9NO2/c1-11-5-4-7-8(6-12)10(13)3-2-9(7)11/h2-6,13H,1H3. The molecule has 3 nitrogen and oxygen atoms in total. The van der Waals surface area contributed by atoms with Crippen LogP contribution in [0.5, 0.6) is 5.75 Å². The van der Waals surface area contributed by atoms with Gasteiger partial charge in [0.05, 0.1) is 5.56 Å². The molecule has 0 radical (unpaired) electrons. The van der Waals surface area contributed by atoms with Crippen LogP contribution in [0.3, 0.4) is 0 Å². The SMILES string of the molecule is Cn1ccc2c(C=O)c(O)ccc21. The summed E-state index contributed by atoms with van der Waals surface area (Å²) in [5.74, 6) is 0.0358. The van der Waals surface area contributed by atoms with Gasteiger partial charge in [0.2, 0.25) is 0 Å². The van der Waals surface area contributed by atoms with Crippen molar-refractivity contribution in [3.8, 4) is 5.75 Å². The molecule has 1 N–H and O–H groups in total. The molecule has 0 saturated heterocycles. The number of aryl methyl sites for hydroxylation is 1. The van der Waals surface area contributed by atoms with E-state index in [4.69, 9.17) is 0 Å². The summed E-state index contributed by atoms with van der Waals surface area (Å²) in [5, 5.41) is 10.2. The number of benzene rings is 1. The van der Waals surface area contributed by atoms with Gasteiger partial charge in [0, 0.05) is 24.1 Å². The lowest BCUT2D eigenvalue weighted by atomic mass is 10.1. The Bertz CT molecular complexity index is 471. The van der Waals surface area contributed by atoms with Gasteiger partial charge in [0.25, 0.3) is 0 Å². The fourth-order valence-electron chi connectivity index (χ4n) is 1.49. The highest BCUT2D eigenvalue weighted by Crippen LogP contribution is 2.25. The zero-order valence-electron chi connectivity index (χ0n) is 7.19. The normalized spacial score (nSPS) is 10.5. The molecule has 0 saturated carbocycles. The second-order valence-corrected chi connectivity index (χ2v) is 2.98. The highest BCUT2D eigenvalue weighted by atomic mass is 16.3. The lowest BCUT2D eigenvalue weighted by molar-refractivity contribution is 0.112. The van der Waals surface area contributed by atoms with Crippen LogP contribution in [0.25, 0.3) is 10.9 Å². The molecular formula is C10H9NO2. The third kappa shape index (κ3) is 1.01.